The molecule has 0 spiro atoms. The third kappa shape index (κ3) is 1.92. The van der Waals surface area contributed by atoms with Crippen molar-refractivity contribution in [3.05, 3.63) is 22.6 Å². The number of rotatable bonds is 2. The minimum atomic E-state index is -1.74. The van der Waals surface area contributed by atoms with Crippen molar-refractivity contribution in [3.63, 3.8) is 0 Å². The Bertz CT molecular complexity index is 316. The molecule has 1 atom stereocenters. The van der Waals surface area contributed by atoms with Crippen LogP contribution in [0, 0.1) is 0 Å². The highest BCUT2D eigenvalue weighted by molar-refractivity contribution is 9.10. The quantitative estimate of drug-likeness (QED) is 0.805. The minimum absolute atomic E-state index is 0.145. The van der Waals surface area contributed by atoms with E-state index in [9.17, 15) is 9.90 Å². The van der Waals surface area contributed by atoms with Crippen LogP contribution in [0.4, 0.5) is 0 Å². The van der Waals surface area contributed by atoms with Gasteiger partial charge >= 0.3 is 5.97 Å². The molecule has 0 aliphatic heterocycles. The van der Waals surface area contributed by atoms with Crippen molar-refractivity contribution in [2.24, 2.45) is 0 Å². The lowest BCUT2D eigenvalue weighted by Crippen LogP contribution is -2.32. The number of ether oxygens (including phenoxy) is 1. The highest BCUT2D eigenvalue weighted by atomic mass is 79.9. The van der Waals surface area contributed by atoms with Crippen LogP contribution in [-0.4, -0.2) is 18.2 Å². The smallest absolute Gasteiger partial charge is 0.345 e. The fraction of sp³-hybridized carbons (Fsp3) is 0.375. The Morgan fingerprint density at radius 2 is 2.31 bits per heavy atom. The summed E-state index contributed by atoms with van der Waals surface area (Å²) in [5, 5.41) is 9.68. The maximum atomic E-state index is 11.1. The van der Waals surface area contributed by atoms with Gasteiger partial charge in [0.1, 0.15) is 5.76 Å². The average Bonchev–Trinajstić information content (AvgIpc) is 2.50. The fourth-order valence-corrected chi connectivity index (χ4v) is 1.18. The first-order valence-corrected chi connectivity index (χ1v) is 4.34. The van der Waals surface area contributed by atoms with Crippen molar-refractivity contribution in [2.75, 3.05) is 7.11 Å². The maximum absolute atomic E-state index is 11.1. The van der Waals surface area contributed by atoms with Crippen LogP contribution < -0.4 is 0 Å². The van der Waals surface area contributed by atoms with Gasteiger partial charge in [-0.1, -0.05) is 0 Å². The molecule has 1 rings (SSSR count). The Morgan fingerprint density at radius 3 is 2.69 bits per heavy atom. The van der Waals surface area contributed by atoms with E-state index in [4.69, 9.17) is 4.42 Å². The number of carbonyl (C=O) groups excluding carboxylic acids is 1. The molecule has 4 nitrogen and oxygen atoms in total. The van der Waals surface area contributed by atoms with E-state index in [1.54, 1.807) is 6.07 Å². The van der Waals surface area contributed by atoms with Crippen LogP contribution in [0.15, 0.2) is 21.2 Å². The SMILES string of the molecule is COC(=O)C(C)(O)c1ccc(Br)o1. The van der Waals surface area contributed by atoms with Gasteiger partial charge in [0.2, 0.25) is 5.60 Å². The number of halogens is 1. The lowest BCUT2D eigenvalue weighted by molar-refractivity contribution is -0.163. The predicted molar refractivity (Wildman–Crippen MR) is 48.0 cm³/mol. The summed E-state index contributed by atoms with van der Waals surface area (Å²) in [6, 6.07) is 3.09. The topological polar surface area (TPSA) is 59.7 Å². The first-order valence-electron chi connectivity index (χ1n) is 3.55. The minimum Gasteiger partial charge on any atom is -0.467 e. The second-order valence-corrected chi connectivity index (χ2v) is 3.45. The highest BCUT2D eigenvalue weighted by Gasteiger charge is 2.36. The van der Waals surface area contributed by atoms with Crippen LogP contribution in [0.3, 0.4) is 0 Å². The van der Waals surface area contributed by atoms with Gasteiger partial charge in [0, 0.05) is 0 Å². The summed E-state index contributed by atoms with van der Waals surface area (Å²) >= 11 is 3.07. The van der Waals surface area contributed by atoms with Crippen molar-refractivity contribution in [3.8, 4) is 0 Å². The Morgan fingerprint density at radius 1 is 1.69 bits per heavy atom. The fourth-order valence-electron chi connectivity index (χ4n) is 0.875. The second kappa shape index (κ2) is 3.51. The van der Waals surface area contributed by atoms with Gasteiger partial charge in [0.05, 0.1) is 7.11 Å². The lowest BCUT2D eigenvalue weighted by Gasteiger charge is -2.16. The van der Waals surface area contributed by atoms with Gasteiger partial charge in [-0.3, -0.25) is 0 Å². The van der Waals surface area contributed by atoms with E-state index < -0.39 is 11.6 Å². The van der Waals surface area contributed by atoms with Gasteiger partial charge in [0.15, 0.2) is 4.67 Å². The molecule has 0 radical (unpaired) electrons. The Hall–Kier alpha value is -0.810. The summed E-state index contributed by atoms with van der Waals surface area (Å²) in [5.74, 6) is -0.611. The average molecular weight is 249 g/mol. The molecule has 0 saturated heterocycles. The highest BCUT2D eigenvalue weighted by Crippen LogP contribution is 2.26. The maximum Gasteiger partial charge on any atom is 0.345 e. The molecule has 1 unspecified atom stereocenters. The zero-order valence-electron chi connectivity index (χ0n) is 7.20. The second-order valence-electron chi connectivity index (χ2n) is 2.67. The van der Waals surface area contributed by atoms with Crippen molar-refractivity contribution >= 4 is 21.9 Å². The number of methoxy groups -OCH3 is 1. The zero-order valence-corrected chi connectivity index (χ0v) is 8.79. The number of furan rings is 1. The van der Waals surface area contributed by atoms with Crippen LogP contribution in [0.2, 0.25) is 0 Å². The van der Waals surface area contributed by atoms with E-state index in [1.807, 2.05) is 0 Å². The molecule has 0 aromatic carbocycles. The molecule has 0 aliphatic carbocycles. The molecular formula is C8H9BrO4. The molecule has 0 fully saturated rings. The van der Waals surface area contributed by atoms with Crippen LogP contribution in [0.25, 0.3) is 0 Å². The lowest BCUT2D eigenvalue weighted by atomic mass is 10.0. The van der Waals surface area contributed by atoms with Crippen molar-refractivity contribution in [1.29, 1.82) is 0 Å². The van der Waals surface area contributed by atoms with E-state index in [1.165, 1.54) is 20.1 Å². The summed E-state index contributed by atoms with van der Waals surface area (Å²) < 4.78 is 9.90. The monoisotopic (exact) mass is 248 g/mol. The van der Waals surface area contributed by atoms with Gasteiger partial charge in [0.25, 0.3) is 0 Å². The van der Waals surface area contributed by atoms with E-state index in [2.05, 4.69) is 20.7 Å². The number of carbonyl (C=O) groups is 1. The Labute approximate surface area is 83.6 Å². The molecule has 0 bridgehead atoms. The third-order valence-electron chi connectivity index (χ3n) is 1.64. The Balaban J connectivity index is 2.99. The summed E-state index contributed by atoms with van der Waals surface area (Å²) in [4.78, 5) is 11.1. The van der Waals surface area contributed by atoms with Crippen LogP contribution >= 0.6 is 15.9 Å². The van der Waals surface area contributed by atoms with Crippen molar-refractivity contribution < 1.29 is 19.1 Å². The zero-order chi connectivity index (χ0) is 10.1. The van der Waals surface area contributed by atoms with E-state index in [0.29, 0.717) is 4.67 Å². The molecule has 0 aliphatic rings. The first-order chi connectivity index (χ1) is 5.98. The number of hydrogen-bond acceptors (Lipinski definition) is 4. The number of hydrogen-bond donors (Lipinski definition) is 1. The first kappa shape index (κ1) is 10.3. The number of aliphatic hydroxyl groups is 1. The van der Waals surface area contributed by atoms with Gasteiger partial charge in [-0.15, -0.1) is 0 Å². The van der Waals surface area contributed by atoms with Crippen LogP contribution in [0.5, 0.6) is 0 Å². The van der Waals surface area contributed by atoms with E-state index in [-0.39, 0.29) is 5.76 Å². The summed E-state index contributed by atoms with van der Waals surface area (Å²) in [6.45, 7) is 1.31. The van der Waals surface area contributed by atoms with Crippen LogP contribution in [0.1, 0.15) is 12.7 Å². The molecule has 0 saturated carbocycles. The van der Waals surface area contributed by atoms with E-state index in [0.717, 1.165) is 0 Å². The van der Waals surface area contributed by atoms with Gasteiger partial charge in [-0.25, -0.2) is 4.79 Å². The molecule has 72 valence electrons. The molecule has 1 aromatic rings. The van der Waals surface area contributed by atoms with Crippen LogP contribution in [-0.2, 0) is 15.1 Å². The molecule has 13 heavy (non-hydrogen) atoms. The molecule has 1 aromatic heterocycles. The van der Waals surface area contributed by atoms with Gasteiger partial charge < -0.3 is 14.3 Å². The summed E-state index contributed by atoms with van der Waals surface area (Å²) in [6.07, 6.45) is 0. The normalized spacial score (nSPS) is 15.1. The van der Waals surface area contributed by atoms with Crippen molar-refractivity contribution in [2.45, 2.75) is 12.5 Å². The molecule has 0 amide bonds. The molecule has 1 N–H and O–H groups in total. The Kier molecular flexibility index (Phi) is 2.77. The number of esters is 1. The third-order valence-corrected chi connectivity index (χ3v) is 2.06. The largest absolute Gasteiger partial charge is 0.467 e. The summed E-state index contributed by atoms with van der Waals surface area (Å²) in [5.41, 5.74) is -1.74. The standard InChI is InChI=1S/C8H9BrO4/c1-8(11,7(10)12-2)5-3-4-6(9)13-5/h3-4,11H,1-2H3. The van der Waals surface area contributed by atoms with Gasteiger partial charge in [-0.2, -0.15) is 0 Å². The molecular weight excluding hydrogens is 240 g/mol. The predicted octanol–water partition coefficient (Wildman–Crippen LogP) is 1.42. The molecule has 1 heterocycles. The van der Waals surface area contributed by atoms with Gasteiger partial charge in [-0.05, 0) is 35.0 Å². The van der Waals surface area contributed by atoms with Crippen molar-refractivity contribution in [1.82, 2.24) is 0 Å². The summed E-state index contributed by atoms with van der Waals surface area (Å²) in [7, 11) is 1.20. The molecule has 5 heteroatoms. The van der Waals surface area contributed by atoms with E-state index >= 15 is 0 Å².